The van der Waals surface area contributed by atoms with Gasteiger partial charge in [-0.05, 0) is 46.8 Å². The smallest absolute Gasteiger partial charge is 0.0471 e. The molecular weight excluding hydrogens is 300 g/mol. The van der Waals surface area contributed by atoms with E-state index in [0.717, 1.165) is 24.7 Å². The highest BCUT2D eigenvalue weighted by Crippen LogP contribution is 2.35. The normalized spacial score (nSPS) is 18.9. The van der Waals surface area contributed by atoms with Gasteiger partial charge in [-0.2, -0.15) is 11.8 Å². The summed E-state index contributed by atoms with van der Waals surface area (Å²) in [4.78, 5) is 2.49. The highest BCUT2D eigenvalue weighted by Gasteiger charge is 2.28. The lowest BCUT2D eigenvalue weighted by molar-refractivity contribution is 0.424. The van der Waals surface area contributed by atoms with E-state index in [1.54, 1.807) is 0 Å². The van der Waals surface area contributed by atoms with Crippen molar-refractivity contribution in [2.24, 2.45) is 0 Å². The lowest BCUT2D eigenvalue weighted by atomic mass is 10.1. The van der Waals surface area contributed by atoms with E-state index < -0.39 is 0 Å². The van der Waals surface area contributed by atoms with Crippen molar-refractivity contribution in [3.8, 4) is 0 Å². The monoisotopic (exact) mass is 326 g/mol. The van der Waals surface area contributed by atoms with Gasteiger partial charge in [-0.3, -0.25) is 0 Å². The Kier molecular flexibility index (Phi) is 5.17. The zero-order valence-electron chi connectivity index (χ0n) is 13.8. The summed E-state index contributed by atoms with van der Waals surface area (Å²) >= 11 is 8.53. The average Bonchev–Trinajstić information content (AvgIpc) is 2.34. The predicted molar refractivity (Wildman–Crippen MR) is 96.8 cm³/mol. The molecule has 2 nitrogen and oxygen atoms in total. The molecule has 118 valence electrons. The molecule has 0 atom stereocenters. The standard InChI is InChI=1S/C17H27ClN2S/c1-16(2,3)19-11-13-14(18)7-6-8-15(13)20-9-10-21-17(4,5)12-20/h6-8,19H,9-12H2,1-5H3. The molecule has 1 fully saturated rings. The number of thioether (sulfide) groups is 1. The molecule has 0 radical (unpaired) electrons. The molecule has 0 aliphatic carbocycles. The molecule has 0 amide bonds. The summed E-state index contributed by atoms with van der Waals surface area (Å²) in [5.41, 5.74) is 2.59. The minimum absolute atomic E-state index is 0.0907. The Balaban J connectivity index is 2.24. The highest BCUT2D eigenvalue weighted by molar-refractivity contribution is 8.00. The van der Waals surface area contributed by atoms with Crippen LogP contribution in [0.15, 0.2) is 18.2 Å². The molecule has 2 rings (SSSR count). The fraction of sp³-hybridized carbons (Fsp3) is 0.647. The third-order valence-corrected chi connectivity index (χ3v) is 5.31. The Morgan fingerprint density at radius 1 is 1.33 bits per heavy atom. The maximum absolute atomic E-state index is 6.48. The number of hydrogen-bond donors (Lipinski definition) is 1. The SMILES string of the molecule is CC(C)(C)NCc1c(Cl)cccc1N1CCSC(C)(C)C1. The number of nitrogens with one attached hydrogen (secondary N) is 1. The number of hydrogen-bond acceptors (Lipinski definition) is 3. The van der Waals surface area contributed by atoms with Crippen LogP contribution in [0.5, 0.6) is 0 Å². The van der Waals surface area contributed by atoms with Crippen LogP contribution >= 0.6 is 23.4 Å². The maximum Gasteiger partial charge on any atom is 0.0471 e. The Morgan fingerprint density at radius 2 is 2.05 bits per heavy atom. The lowest BCUT2D eigenvalue weighted by Gasteiger charge is -2.40. The molecule has 0 saturated carbocycles. The lowest BCUT2D eigenvalue weighted by Crippen LogP contribution is -2.44. The molecule has 1 aromatic rings. The molecule has 0 bridgehead atoms. The van der Waals surface area contributed by atoms with Gasteiger partial charge in [0, 0.05) is 51.9 Å². The quantitative estimate of drug-likeness (QED) is 0.876. The molecule has 0 aromatic heterocycles. The van der Waals surface area contributed by atoms with Crippen molar-refractivity contribution in [3.63, 3.8) is 0 Å². The minimum Gasteiger partial charge on any atom is -0.369 e. The molecule has 1 heterocycles. The van der Waals surface area contributed by atoms with Gasteiger partial charge in [-0.25, -0.2) is 0 Å². The van der Waals surface area contributed by atoms with E-state index in [-0.39, 0.29) is 5.54 Å². The van der Waals surface area contributed by atoms with Crippen LogP contribution in [0.25, 0.3) is 0 Å². The van der Waals surface area contributed by atoms with Gasteiger partial charge in [-0.15, -0.1) is 0 Å². The fourth-order valence-corrected chi connectivity index (χ4v) is 3.94. The summed E-state index contributed by atoms with van der Waals surface area (Å²) in [6.45, 7) is 14.2. The highest BCUT2D eigenvalue weighted by atomic mass is 35.5. The van der Waals surface area contributed by atoms with Crippen molar-refractivity contribution in [3.05, 3.63) is 28.8 Å². The summed E-state index contributed by atoms with van der Waals surface area (Å²) in [6.07, 6.45) is 0. The van der Waals surface area contributed by atoms with E-state index in [9.17, 15) is 0 Å². The first-order chi connectivity index (χ1) is 9.68. The second kappa shape index (κ2) is 6.39. The van der Waals surface area contributed by atoms with E-state index in [4.69, 9.17) is 11.6 Å². The topological polar surface area (TPSA) is 15.3 Å². The van der Waals surface area contributed by atoms with Crippen molar-refractivity contribution in [2.75, 3.05) is 23.7 Å². The van der Waals surface area contributed by atoms with Gasteiger partial charge in [0.05, 0.1) is 0 Å². The third kappa shape index (κ3) is 4.80. The van der Waals surface area contributed by atoms with Crippen LogP contribution in [0.2, 0.25) is 5.02 Å². The van der Waals surface area contributed by atoms with Crippen molar-refractivity contribution in [2.45, 2.75) is 51.4 Å². The molecule has 0 unspecified atom stereocenters. The van der Waals surface area contributed by atoms with E-state index >= 15 is 0 Å². The largest absolute Gasteiger partial charge is 0.369 e. The number of halogens is 1. The number of nitrogens with zero attached hydrogens (tertiary/aromatic N) is 1. The molecule has 1 saturated heterocycles. The van der Waals surface area contributed by atoms with Gasteiger partial charge >= 0.3 is 0 Å². The zero-order chi connectivity index (χ0) is 15.7. The van der Waals surface area contributed by atoms with E-state index in [1.807, 2.05) is 6.07 Å². The molecule has 21 heavy (non-hydrogen) atoms. The first-order valence-corrected chi connectivity index (χ1v) is 8.96. The number of rotatable bonds is 3. The van der Waals surface area contributed by atoms with Gasteiger partial charge in [0.2, 0.25) is 0 Å². The van der Waals surface area contributed by atoms with Gasteiger partial charge in [0.15, 0.2) is 0 Å². The first kappa shape index (κ1) is 17.0. The van der Waals surface area contributed by atoms with E-state index in [0.29, 0.717) is 4.75 Å². The summed E-state index contributed by atoms with van der Waals surface area (Å²) in [5.74, 6) is 1.17. The Bertz CT molecular complexity index is 494. The van der Waals surface area contributed by atoms with Crippen LogP contribution in [0.4, 0.5) is 5.69 Å². The van der Waals surface area contributed by atoms with Crippen molar-refractivity contribution in [1.82, 2.24) is 5.32 Å². The molecule has 4 heteroatoms. The summed E-state index contributed by atoms with van der Waals surface area (Å²) < 4.78 is 0.301. The van der Waals surface area contributed by atoms with Crippen LogP contribution in [0.1, 0.15) is 40.2 Å². The Morgan fingerprint density at radius 3 is 2.67 bits per heavy atom. The van der Waals surface area contributed by atoms with Gasteiger partial charge in [-0.1, -0.05) is 17.7 Å². The summed E-state index contributed by atoms with van der Waals surface area (Å²) in [6, 6.07) is 6.26. The number of anilines is 1. The van der Waals surface area contributed by atoms with E-state index in [2.05, 4.69) is 68.7 Å². The van der Waals surface area contributed by atoms with Crippen LogP contribution in [0, 0.1) is 0 Å². The zero-order valence-corrected chi connectivity index (χ0v) is 15.4. The van der Waals surface area contributed by atoms with Crippen LogP contribution in [-0.4, -0.2) is 29.1 Å². The molecule has 0 spiro atoms. The second-order valence-electron chi connectivity index (χ2n) is 7.37. The van der Waals surface area contributed by atoms with Crippen LogP contribution < -0.4 is 10.2 Å². The van der Waals surface area contributed by atoms with Crippen LogP contribution in [-0.2, 0) is 6.54 Å². The average molecular weight is 327 g/mol. The molecule has 1 aromatic carbocycles. The van der Waals surface area contributed by atoms with Crippen molar-refractivity contribution in [1.29, 1.82) is 0 Å². The Hall–Kier alpha value is -0.380. The predicted octanol–water partition coefficient (Wildman–Crippen LogP) is 4.56. The second-order valence-corrected chi connectivity index (χ2v) is 9.58. The minimum atomic E-state index is 0.0907. The first-order valence-electron chi connectivity index (χ1n) is 7.59. The number of benzene rings is 1. The third-order valence-electron chi connectivity index (χ3n) is 3.66. The van der Waals surface area contributed by atoms with Crippen LogP contribution in [0.3, 0.4) is 0 Å². The van der Waals surface area contributed by atoms with E-state index in [1.165, 1.54) is 17.0 Å². The van der Waals surface area contributed by atoms with Crippen molar-refractivity contribution < 1.29 is 0 Å². The van der Waals surface area contributed by atoms with Crippen molar-refractivity contribution >= 4 is 29.1 Å². The summed E-state index contributed by atoms with van der Waals surface area (Å²) in [7, 11) is 0. The maximum atomic E-state index is 6.48. The van der Waals surface area contributed by atoms with Gasteiger partial charge < -0.3 is 10.2 Å². The van der Waals surface area contributed by atoms with Gasteiger partial charge in [0.1, 0.15) is 0 Å². The Labute approximate surface area is 138 Å². The van der Waals surface area contributed by atoms with Gasteiger partial charge in [0.25, 0.3) is 0 Å². The summed E-state index contributed by atoms with van der Waals surface area (Å²) in [5, 5.41) is 4.42. The molecular formula is C17H27ClN2S. The molecule has 1 aliphatic rings. The molecule has 1 N–H and O–H groups in total. The molecule has 1 aliphatic heterocycles. The fourth-order valence-electron chi connectivity index (χ4n) is 2.59.